The van der Waals surface area contributed by atoms with Crippen molar-refractivity contribution in [1.82, 2.24) is 0 Å². The van der Waals surface area contributed by atoms with Crippen LogP contribution in [-0.2, 0) is 6.42 Å². The van der Waals surface area contributed by atoms with Crippen LogP contribution in [0.4, 0.5) is 0 Å². The fraction of sp³-hybridized carbons (Fsp3) is 0.294. The highest BCUT2D eigenvalue weighted by Crippen LogP contribution is 2.19. The zero-order valence-electron chi connectivity index (χ0n) is 11.2. The SMILES string of the molecule is Cc1ccc(CCC(N)c2ccccc2)c(C)c1. The standard InChI is InChI=1S/C17H21N/c1-13-8-9-15(14(2)12-13)10-11-17(18)16-6-4-3-5-7-16/h3-9,12,17H,10-11,18H2,1-2H3. The van der Waals surface area contributed by atoms with Gasteiger partial charge in [-0.3, -0.25) is 0 Å². The minimum atomic E-state index is 0.131. The minimum Gasteiger partial charge on any atom is -0.324 e. The number of rotatable bonds is 4. The first-order valence-corrected chi connectivity index (χ1v) is 6.53. The van der Waals surface area contributed by atoms with E-state index in [-0.39, 0.29) is 6.04 Å². The molecule has 0 aromatic heterocycles. The summed E-state index contributed by atoms with van der Waals surface area (Å²) in [5.41, 5.74) is 11.5. The first kappa shape index (κ1) is 12.8. The highest BCUT2D eigenvalue weighted by Gasteiger charge is 2.06. The fourth-order valence-corrected chi connectivity index (χ4v) is 2.30. The lowest BCUT2D eigenvalue weighted by Gasteiger charge is -2.13. The van der Waals surface area contributed by atoms with Crippen LogP contribution in [-0.4, -0.2) is 0 Å². The van der Waals surface area contributed by atoms with Crippen LogP contribution in [0.15, 0.2) is 48.5 Å². The van der Waals surface area contributed by atoms with Gasteiger partial charge in [0.05, 0.1) is 0 Å². The Balaban J connectivity index is 1.99. The Bertz CT molecular complexity index is 502. The molecule has 1 heteroatoms. The molecule has 0 heterocycles. The Kier molecular flexibility index (Phi) is 4.16. The normalized spacial score (nSPS) is 12.4. The van der Waals surface area contributed by atoms with E-state index in [0.29, 0.717) is 0 Å². The van der Waals surface area contributed by atoms with Gasteiger partial charge >= 0.3 is 0 Å². The predicted octanol–water partition coefficient (Wildman–Crippen LogP) is 3.94. The Morgan fingerprint density at radius 2 is 1.72 bits per heavy atom. The monoisotopic (exact) mass is 239 g/mol. The van der Waals surface area contributed by atoms with Crippen LogP contribution in [0, 0.1) is 13.8 Å². The van der Waals surface area contributed by atoms with Crippen LogP contribution in [0.2, 0.25) is 0 Å². The van der Waals surface area contributed by atoms with E-state index in [9.17, 15) is 0 Å². The third-order valence-corrected chi connectivity index (χ3v) is 3.45. The summed E-state index contributed by atoms with van der Waals surface area (Å²) in [4.78, 5) is 0. The topological polar surface area (TPSA) is 26.0 Å². The predicted molar refractivity (Wildman–Crippen MR) is 77.6 cm³/mol. The van der Waals surface area contributed by atoms with Gasteiger partial charge in [-0.05, 0) is 43.4 Å². The molecule has 0 aliphatic heterocycles. The van der Waals surface area contributed by atoms with Crippen molar-refractivity contribution in [3.63, 3.8) is 0 Å². The summed E-state index contributed by atoms with van der Waals surface area (Å²) in [5.74, 6) is 0. The molecule has 1 atom stereocenters. The summed E-state index contributed by atoms with van der Waals surface area (Å²) >= 11 is 0. The van der Waals surface area contributed by atoms with Gasteiger partial charge in [-0.25, -0.2) is 0 Å². The Morgan fingerprint density at radius 1 is 1.00 bits per heavy atom. The average molecular weight is 239 g/mol. The molecule has 2 aromatic carbocycles. The number of hydrogen-bond acceptors (Lipinski definition) is 1. The maximum atomic E-state index is 6.22. The molecule has 2 rings (SSSR count). The molecule has 0 amide bonds. The minimum absolute atomic E-state index is 0.131. The molecule has 0 saturated carbocycles. The van der Waals surface area contributed by atoms with E-state index < -0.39 is 0 Å². The number of aryl methyl sites for hydroxylation is 3. The van der Waals surface area contributed by atoms with Gasteiger partial charge in [-0.15, -0.1) is 0 Å². The van der Waals surface area contributed by atoms with Gasteiger partial charge in [0.2, 0.25) is 0 Å². The highest BCUT2D eigenvalue weighted by atomic mass is 14.6. The third-order valence-electron chi connectivity index (χ3n) is 3.45. The number of hydrogen-bond donors (Lipinski definition) is 1. The molecular weight excluding hydrogens is 218 g/mol. The zero-order chi connectivity index (χ0) is 13.0. The van der Waals surface area contributed by atoms with Crippen LogP contribution in [0.1, 0.15) is 34.7 Å². The van der Waals surface area contributed by atoms with E-state index in [2.05, 4.69) is 44.2 Å². The Morgan fingerprint density at radius 3 is 2.39 bits per heavy atom. The van der Waals surface area contributed by atoms with Gasteiger partial charge in [0.15, 0.2) is 0 Å². The van der Waals surface area contributed by atoms with Crippen molar-refractivity contribution in [3.05, 3.63) is 70.8 Å². The van der Waals surface area contributed by atoms with Crippen molar-refractivity contribution in [3.8, 4) is 0 Å². The zero-order valence-corrected chi connectivity index (χ0v) is 11.2. The van der Waals surface area contributed by atoms with E-state index in [4.69, 9.17) is 5.73 Å². The van der Waals surface area contributed by atoms with Gasteiger partial charge in [0.1, 0.15) is 0 Å². The summed E-state index contributed by atoms with van der Waals surface area (Å²) in [6, 6.07) is 17.1. The van der Waals surface area contributed by atoms with E-state index in [0.717, 1.165) is 12.8 Å². The third kappa shape index (κ3) is 3.21. The van der Waals surface area contributed by atoms with Crippen LogP contribution in [0.5, 0.6) is 0 Å². The second kappa shape index (κ2) is 5.83. The van der Waals surface area contributed by atoms with Crippen molar-refractivity contribution in [2.24, 2.45) is 5.73 Å². The largest absolute Gasteiger partial charge is 0.324 e. The summed E-state index contributed by atoms with van der Waals surface area (Å²) in [7, 11) is 0. The second-order valence-electron chi connectivity index (χ2n) is 4.99. The molecule has 0 aliphatic carbocycles. The van der Waals surface area contributed by atoms with Crippen LogP contribution >= 0.6 is 0 Å². The van der Waals surface area contributed by atoms with Crippen molar-refractivity contribution >= 4 is 0 Å². The van der Waals surface area contributed by atoms with E-state index in [1.54, 1.807) is 0 Å². The Labute approximate surface area is 110 Å². The second-order valence-corrected chi connectivity index (χ2v) is 4.99. The molecule has 1 unspecified atom stereocenters. The highest BCUT2D eigenvalue weighted by molar-refractivity contribution is 5.30. The molecule has 18 heavy (non-hydrogen) atoms. The molecule has 2 aromatic rings. The molecule has 0 fully saturated rings. The van der Waals surface area contributed by atoms with Crippen molar-refractivity contribution in [2.75, 3.05) is 0 Å². The molecule has 2 N–H and O–H groups in total. The number of benzene rings is 2. The number of nitrogens with two attached hydrogens (primary N) is 1. The van der Waals surface area contributed by atoms with Crippen LogP contribution < -0.4 is 5.73 Å². The molecule has 0 bridgehead atoms. The van der Waals surface area contributed by atoms with Crippen LogP contribution in [0.25, 0.3) is 0 Å². The van der Waals surface area contributed by atoms with Crippen molar-refractivity contribution in [2.45, 2.75) is 32.7 Å². The average Bonchev–Trinajstić information content (AvgIpc) is 2.38. The van der Waals surface area contributed by atoms with Gasteiger partial charge in [-0.2, -0.15) is 0 Å². The molecule has 1 nitrogen and oxygen atoms in total. The van der Waals surface area contributed by atoms with Gasteiger partial charge in [0, 0.05) is 6.04 Å². The van der Waals surface area contributed by atoms with Gasteiger partial charge < -0.3 is 5.73 Å². The summed E-state index contributed by atoms with van der Waals surface area (Å²) < 4.78 is 0. The van der Waals surface area contributed by atoms with Crippen LogP contribution in [0.3, 0.4) is 0 Å². The lowest BCUT2D eigenvalue weighted by molar-refractivity contribution is 0.650. The fourth-order valence-electron chi connectivity index (χ4n) is 2.30. The molecule has 0 radical (unpaired) electrons. The smallest absolute Gasteiger partial charge is 0.0298 e. The summed E-state index contributed by atoms with van der Waals surface area (Å²) in [6.07, 6.45) is 2.04. The van der Waals surface area contributed by atoms with Gasteiger partial charge in [-0.1, -0.05) is 54.1 Å². The van der Waals surface area contributed by atoms with Crippen molar-refractivity contribution in [1.29, 1.82) is 0 Å². The molecule has 0 aliphatic rings. The quantitative estimate of drug-likeness (QED) is 0.859. The lowest BCUT2D eigenvalue weighted by atomic mass is 9.96. The molecule has 0 spiro atoms. The summed E-state index contributed by atoms with van der Waals surface area (Å²) in [6.45, 7) is 4.31. The van der Waals surface area contributed by atoms with E-state index in [1.165, 1.54) is 22.3 Å². The Hall–Kier alpha value is -1.60. The van der Waals surface area contributed by atoms with E-state index in [1.807, 2.05) is 18.2 Å². The van der Waals surface area contributed by atoms with E-state index >= 15 is 0 Å². The summed E-state index contributed by atoms with van der Waals surface area (Å²) in [5, 5.41) is 0. The molecule has 0 saturated heterocycles. The maximum absolute atomic E-state index is 6.22. The maximum Gasteiger partial charge on any atom is 0.0298 e. The molecule has 94 valence electrons. The lowest BCUT2D eigenvalue weighted by Crippen LogP contribution is -2.11. The van der Waals surface area contributed by atoms with Crippen molar-refractivity contribution < 1.29 is 0 Å². The first-order valence-electron chi connectivity index (χ1n) is 6.53. The van der Waals surface area contributed by atoms with Gasteiger partial charge in [0.25, 0.3) is 0 Å². The molecular formula is C17H21N. The first-order chi connectivity index (χ1) is 8.66.